The summed E-state index contributed by atoms with van der Waals surface area (Å²) in [6, 6.07) is 9.21. The van der Waals surface area contributed by atoms with E-state index in [0.717, 1.165) is 31.2 Å². The van der Waals surface area contributed by atoms with Crippen LogP contribution < -0.4 is 0 Å². The zero-order valence-electron chi connectivity index (χ0n) is 15.9. The first kappa shape index (κ1) is 19.4. The van der Waals surface area contributed by atoms with Crippen molar-refractivity contribution in [3.63, 3.8) is 0 Å². The quantitative estimate of drug-likeness (QED) is 0.711. The lowest BCUT2D eigenvalue weighted by Gasteiger charge is -2.30. The van der Waals surface area contributed by atoms with Crippen molar-refractivity contribution in [1.82, 2.24) is 4.90 Å². The third kappa shape index (κ3) is 4.49. The lowest BCUT2D eigenvalue weighted by molar-refractivity contribution is -0.150. The van der Waals surface area contributed by atoms with Gasteiger partial charge in [0.25, 0.3) is 0 Å². The number of nitrogens with zero attached hydrogens (tertiary/aromatic N) is 1. The van der Waals surface area contributed by atoms with Gasteiger partial charge in [0.05, 0.1) is 18.4 Å². The van der Waals surface area contributed by atoms with Crippen molar-refractivity contribution >= 4 is 18.0 Å². The fraction of sp³-hybridized carbons (Fsp3) is 0.571. The lowest BCUT2D eigenvalue weighted by Crippen LogP contribution is -2.46. The number of benzene rings is 1. The molecule has 1 saturated heterocycles. The van der Waals surface area contributed by atoms with Gasteiger partial charge in [-0.25, -0.2) is 9.69 Å². The number of imide groups is 1. The number of carbonyl (C=O) groups is 3. The van der Waals surface area contributed by atoms with Gasteiger partial charge in [-0.2, -0.15) is 0 Å². The van der Waals surface area contributed by atoms with Gasteiger partial charge in [-0.05, 0) is 30.7 Å². The Labute approximate surface area is 159 Å². The first-order valence-corrected chi connectivity index (χ1v) is 9.70. The topological polar surface area (TPSA) is 72.9 Å². The van der Waals surface area contributed by atoms with Crippen molar-refractivity contribution in [3.05, 3.63) is 35.9 Å². The normalized spacial score (nSPS) is 22.9. The number of carbonyl (C=O) groups excluding carboxylic acids is 3. The zero-order chi connectivity index (χ0) is 19.4. The van der Waals surface area contributed by atoms with Gasteiger partial charge in [-0.3, -0.25) is 9.59 Å². The number of ether oxygens (including phenoxy) is 2. The molecule has 3 rings (SSSR count). The summed E-state index contributed by atoms with van der Waals surface area (Å²) in [5, 5.41) is 0. The molecule has 27 heavy (non-hydrogen) atoms. The summed E-state index contributed by atoms with van der Waals surface area (Å²) in [6.07, 6.45) is 2.75. The minimum Gasteiger partial charge on any atom is -0.461 e. The summed E-state index contributed by atoms with van der Waals surface area (Å²) in [5.41, 5.74) is 0.895. The number of fused-ring (bicyclic) bond motifs is 1. The number of hydrogen-bond donors (Lipinski definition) is 0. The van der Waals surface area contributed by atoms with Gasteiger partial charge in [-0.1, -0.05) is 50.6 Å². The lowest BCUT2D eigenvalue weighted by atomic mass is 9.88. The number of amides is 2. The van der Waals surface area contributed by atoms with E-state index >= 15 is 0 Å². The van der Waals surface area contributed by atoms with Gasteiger partial charge in [0.2, 0.25) is 5.91 Å². The molecule has 0 radical (unpaired) electrons. The van der Waals surface area contributed by atoms with Crippen LogP contribution in [0.1, 0.15) is 51.5 Å². The Morgan fingerprint density at radius 3 is 2.59 bits per heavy atom. The highest BCUT2D eigenvalue weighted by Gasteiger charge is 2.48. The van der Waals surface area contributed by atoms with E-state index in [1.807, 2.05) is 44.2 Å². The van der Waals surface area contributed by atoms with Crippen LogP contribution in [0.2, 0.25) is 0 Å². The van der Waals surface area contributed by atoms with Crippen molar-refractivity contribution in [1.29, 1.82) is 0 Å². The second-order valence-corrected chi connectivity index (χ2v) is 7.68. The van der Waals surface area contributed by atoms with Crippen LogP contribution in [0.25, 0.3) is 0 Å². The summed E-state index contributed by atoms with van der Waals surface area (Å²) < 4.78 is 10.7. The standard InChI is InChI=1S/C21H27NO5/c1-14(2)16(12-19(23)26-13-15-8-4-3-5-9-15)20(24)22-17-10-6-7-11-18(17)27-21(22)25/h3-5,8-9,14,16-18H,6-7,10-13H2,1-2H3/t16-,17-,18-/m1/s1. The van der Waals surface area contributed by atoms with E-state index in [1.165, 1.54) is 4.90 Å². The maximum atomic E-state index is 13.1. The van der Waals surface area contributed by atoms with Gasteiger partial charge in [-0.15, -0.1) is 0 Å². The largest absolute Gasteiger partial charge is 0.461 e. The van der Waals surface area contributed by atoms with Gasteiger partial charge >= 0.3 is 12.1 Å². The SMILES string of the molecule is CC(C)[C@@H](CC(=O)OCc1ccccc1)C(=O)N1C(=O)O[C@@H]2CCCC[C@H]21. The smallest absolute Gasteiger partial charge is 0.417 e. The first-order chi connectivity index (χ1) is 13.0. The molecule has 0 bridgehead atoms. The molecule has 6 nitrogen and oxygen atoms in total. The molecule has 0 N–H and O–H groups in total. The number of rotatable bonds is 6. The molecular formula is C21H27NO5. The zero-order valence-corrected chi connectivity index (χ0v) is 15.9. The molecule has 1 aliphatic carbocycles. The molecule has 0 aromatic heterocycles. The Morgan fingerprint density at radius 2 is 1.89 bits per heavy atom. The van der Waals surface area contributed by atoms with Gasteiger partial charge < -0.3 is 9.47 Å². The van der Waals surface area contributed by atoms with Crippen LogP contribution in [0.4, 0.5) is 4.79 Å². The minimum absolute atomic E-state index is 0.0372. The minimum atomic E-state index is -0.596. The van der Waals surface area contributed by atoms with Crippen LogP contribution in [0.3, 0.4) is 0 Å². The molecular weight excluding hydrogens is 346 g/mol. The second-order valence-electron chi connectivity index (χ2n) is 7.68. The Morgan fingerprint density at radius 1 is 1.19 bits per heavy atom. The molecule has 1 aliphatic heterocycles. The van der Waals surface area contributed by atoms with E-state index in [2.05, 4.69) is 0 Å². The summed E-state index contributed by atoms with van der Waals surface area (Å²) in [7, 11) is 0. The molecule has 1 aromatic carbocycles. The highest BCUT2D eigenvalue weighted by molar-refractivity contribution is 5.96. The molecule has 3 atom stereocenters. The molecule has 1 heterocycles. The summed E-state index contributed by atoms with van der Waals surface area (Å²) in [6.45, 7) is 3.94. The maximum absolute atomic E-state index is 13.1. The van der Waals surface area contributed by atoms with Crippen LogP contribution in [0.15, 0.2) is 30.3 Å². The van der Waals surface area contributed by atoms with Crippen LogP contribution in [-0.4, -0.2) is 35.0 Å². The Hall–Kier alpha value is -2.37. The molecule has 2 amide bonds. The predicted molar refractivity (Wildman–Crippen MR) is 98.6 cm³/mol. The number of esters is 1. The molecule has 2 fully saturated rings. The second kappa shape index (κ2) is 8.55. The van der Waals surface area contributed by atoms with Crippen LogP contribution >= 0.6 is 0 Å². The van der Waals surface area contributed by atoms with E-state index in [9.17, 15) is 14.4 Å². The third-order valence-corrected chi connectivity index (χ3v) is 5.44. The molecule has 146 valence electrons. The monoisotopic (exact) mass is 373 g/mol. The fourth-order valence-electron chi connectivity index (χ4n) is 3.85. The van der Waals surface area contributed by atoms with Crippen molar-refractivity contribution in [2.75, 3.05) is 0 Å². The van der Waals surface area contributed by atoms with Crippen molar-refractivity contribution in [2.45, 2.75) is 64.7 Å². The van der Waals surface area contributed by atoms with E-state index in [0.29, 0.717) is 0 Å². The molecule has 0 spiro atoms. The Bertz CT molecular complexity index is 687. The highest BCUT2D eigenvalue weighted by atomic mass is 16.6. The van der Waals surface area contributed by atoms with Crippen molar-refractivity contribution in [3.8, 4) is 0 Å². The summed E-state index contributed by atoms with van der Waals surface area (Å²) >= 11 is 0. The molecule has 1 saturated carbocycles. The van der Waals surface area contributed by atoms with Crippen molar-refractivity contribution < 1.29 is 23.9 Å². The third-order valence-electron chi connectivity index (χ3n) is 5.44. The highest BCUT2D eigenvalue weighted by Crippen LogP contribution is 2.34. The Kier molecular flexibility index (Phi) is 6.14. The van der Waals surface area contributed by atoms with Crippen LogP contribution in [0, 0.1) is 11.8 Å². The van der Waals surface area contributed by atoms with Crippen LogP contribution in [-0.2, 0) is 25.7 Å². The molecule has 0 unspecified atom stereocenters. The first-order valence-electron chi connectivity index (χ1n) is 9.70. The predicted octanol–water partition coefficient (Wildman–Crippen LogP) is 3.68. The summed E-state index contributed by atoms with van der Waals surface area (Å²) in [4.78, 5) is 38.9. The maximum Gasteiger partial charge on any atom is 0.417 e. The molecule has 1 aromatic rings. The van der Waals surface area contributed by atoms with Gasteiger partial charge in [0, 0.05) is 0 Å². The van der Waals surface area contributed by atoms with E-state index in [4.69, 9.17) is 9.47 Å². The van der Waals surface area contributed by atoms with Crippen molar-refractivity contribution in [2.24, 2.45) is 11.8 Å². The summed E-state index contributed by atoms with van der Waals surface area (Å²) in [5.74, 6) is -1.43. The van der Waals surface area contributed by atoms with Gasteiger partial charge in [0.1, 0.15) is 12.7 Å². The number of hydrogen-bond acceptors (Lipinski definition) is 5. The van der Waals surface area contributed by atoms with Crippen LogP contribution in [0.5, 0.6) is 0 Å². The molecule has 2 aliphatic rings. The van der Waals surface area contributed by atoms with E-state index in [-0.39, 0.29) is 37.0 Å². The van der Waals surface area contributed by atoms with E-state index < -0.39 is 18.0 Å². The van der Waals surface area contributed by atoms with E-state index in [1.54, 1.807) is 0 Å². The average Bonchev–Trinajstić information content (AvgIpc) is 3.00. The fourth-order valence-corrected chi connectivity index (χ4v) is 3.85. The van der Waals surface area contributed by atoms with Gasteiger partial charge in [0.15, 0.2) is 0 Å². The Balaban J connectivity index is 1.63. The average molecular weight is 373 g/mol. The molecule has 6 heteroatoms.